The highest BCUT2D eigenvalue weighted by Crippen LogP contribution is 2.18. The molecule has 3 aromatic heterocycles. The Balaban J connectivity index is 1.73. The number of anilines is 1. The molecule has 0 atom stereocenters. The van der Waals surface area contributed by atoms with Crippen molar-refractivity contribution < 1.29 is 4.79 Å². The molecule has 4 rings (SSSR count). The normalized spacial score (nSPS) is 11.1. The molecule has 4 aromatic rings. The maximum absolute atomic E-state index is 12.5. The van der Waals surface area contributed by atoms with Crippen molar-refractivity contribution >= 4 is 28.4 Å². The molecule has 1 aromatic carbocycles. The number of aromatic nitrogens is 4. The third-order valence-corrected chi connectivity index (χ3v) is 3.67. The molecule has 0 aliphatic rings. The molecule has 6 nitrogen and oxygen atoms in total. The molecule has 0 saturated carbocycles. The summed E-state index contributed by atoms with van der Waals surface area (Å²) in [5, 5.41) is 2.83. The predicted molar refractivity (Wildman–Crippen MR) is 83.9 cm³/mol. The first-order valence-electron chi connectivity index (χ1n) is 6.88. The summed E-state index contributed by atoms with van der Waals surface area (Å²) in [6.07, 6.45) is 3.48. The number of amides is 1. The summed E-state index contributed by atoms with van der Waals surface area (Å²) >= 11 is 0. The standard InChI is InChI=1S/C16H13N5O/c1-20-12-7-3-2-6-11(12)18-16(20)19-15(22)14-13-8-4-5-9-21(13)10-17-14/h2-10H,1H3,(H,18,19,22). The smallest absolute Gasteiger partial charge is 0.278 e. The van der Waals surface area contributed by atoms with Crippen molar-refractivity contribution in [2.24, 2.45) is 7.05 Å². The second kappa shape index (κ2) is 4.70. The van der Waals surface area contributed by atoms with E-state index in [2.05, 4.69) is 15.3 Å². The Kier molecular flexibility index (Phi) is 2.69. The van der Waals surface area contributed by atoms with Crippen molar-refractivity contribution in [3.05, 3.63) is 60.7 Å². The highest BCUT2D eigenvalue weighted by Gasteiger charge is 2.16. The van der Waals surface area contributed by atoms with Crippen LogP contribution in [0.2, 0.25) is 0 Å². The first kappa shape index (κ1) is 12.6. The molecule has 3 heterocycles. The topological polar surface area (TPSA) is 64.2 Å². The molecule has 0 bridgehead atoms. The molecule has 0 unspecified atom stereocenters. The highest BCUT2D eigenvalue weighted by atomic mass is 16.2. The van der Waals surface area contributed by atoms with E-state index in [0.717, 1.165) is 16.6 Å². The quantitative estimate of drug-likeness (QED) is 0.617. The van der Waals surface area contributed by atoms with Crippen molar-refractivity contribution in [1.82, 2.24) is 18.9 Å². The number of pyridine rings is 1. The fourth-order valence-corrected chi connectivity index (χ4v) is 2.54. The molecule has 22 heavy (non-hydrogen) atoms. The zero-order valence-corrected chi connectivity index (χ0v) is 11.9. The number of aryl methyl sites for hydroxylation is 1. The highest BCUT2D eigenvalue weighted by molar-refractivity contribution is 6.07. The van der Waals surface area contributed by atoms with E-state index in [1.807, 2.05) is 64.7 Å². The molecule has 6 heteroatoms. The van der Waals surface area contributed by atoms with E-state index < -0.39 is 0 Å². The molecule has 108 valence electrons. The minimum Gasteiger partial charge on any atom is -0.313 e. The monoisotopic (exact) mass is 291 g/mol. The van der Waals surface area contributed by atoms with Gasteiger partial charge in [0.25, 0.3) is 5.91 Å². The van der Waals surface area contributed by atoms with Crippen LogP contribution < -0.4 is 5.32 Å². The lowest BCUT2D eigenvalue weighted by molar-refractivity contribution is 0.102. The van der Waals surface area contributed by atoms with Crippen molar-refractivity contribution in [3.8, 4) is 0 Å². The predicted octanol–water partition coefficient (Wildman–Crippen LogP) is 2.47. The lowest BCUT2D eigenvalue weighted by atomic mass is 10.3. The number of hydrogen-bond acceptors (Lipinski definition) is 3. The summed E-state index contributed by atoms with van der Waals surface area (Å²) in [7, 11) is 1.87. The van der Waals surface area contributed by atoms with Crippen LogP contribution in [0.1, 0.15) is 10.5 Å². The van der Waals surface area contributed by atoms with E-state index >= 15 is 0 Å². The number of rotatable bonds is 2. The van der Waals surface area contributed by atoms with Gasteiger partial charge in [-0.1, -0.05) is 18.2 Å². The SMILES string of the molecule is Cn1c(NC(=O)c2ncn3ccccc23)nc2ccccc21. The number of imidazole rings is 2. The fourth-order valence-electron chi connectivity index (χ4n) is 2.54. The third kappa shape index (κ3) is 1.85. The number of nitrogens with zero attached hydrogens (tertiary/aromatic N) is 4. The summed E-state index contributed by atoms with van der Waals surface area (Å²) in [5.74, 6) is 0.232. The molecule has 0 radical (unpaired) electrons. The lowest BCUT2D eigenvalue weighted by Crippen LogP contribution is -2.15. The van der Waals surface area contributed by atoms with Gasteiger partial charge in [-0.25, -0.2) is 9.97 Å². The van der Waals surface area contributed by atoms with E-state index in [4.69, 9.17) is 0 Å². The Morgan fingerprint density at radius 3 is 2.73 bits per heavy atom. The Bertz CT molecular complexity index is 998. The maximum atomic E-state index is 12.5. The number of carbonyl (C=O) groups excluding carboxylic acids is 1. The van der Waals surface area contributed by atoms with Crippen LogP contribution in [0.15, 0.2) is 55.0 Å². The Morgan fingerprint density at radius 2 is 1.86 bits per heavy atom. The first-order valence-corrected chi connectivity index (χ1v) is 6.88. The van der Waals surface area contributed by atoms with Gasteiger partial charge in [0, 0.05) is 13.2 Å². The van der Waals surface area contributed by atoms with Crippen LogP contribution in [-0.4, -0.2) is 24.8 Å². The van der Waals surface area contributed by atoms with E-state index in [0.29, 0.717) is 11.6 Å². The van der Waals surface area contributed by atoms with Gasteiger partial charge < -0.3 is 8.97 Å². The van der Waals surface area contributed by atoms with Crippen LogP contribution in [0.5, 0.6) is 0 Å². The number of hydrogen-bond donors (Lipinski definition) is 1. The molecule has 0 aliphatic heterocycles. The number of fused-ring (bicyclic) bond motifs is 2. The van der Waals surface area contributed by atoms with Crippen LogP contribution in [-0.2, 0) is 7.05 Å². The van der Waals surface area contributed by atoms with Crippen LogP contribution in [0, 0.1) is 0 Å². The number of carbonyl (C=O) groups is 1. The van der Waals surface area contributed by atoms with Gasteiger partial charge in [-0.15, -0.1) is 0 Å². The molecule has 0 fully saturated rings. The van der Waals surface area contributed by atoms with E-state index in [-0.39, 0.29) is 5.91 Å². The zero-order chi connectivity index (χ0) is 15.1. The number of para-hydroxylation sites is 2. The van der Waals surface area contributed by atoms with Gasteiger partial charge in [0.1, 0.15) is 6.33 Å². The average molecular weight is 291 g/mol. The van der Waals surface area contributed by atoms with Gasteiger partial charge in [-0.2, -0.15) is 0 Å². The summed E-state index contributed by atoms with van der Waals surface area (Å²) in [6.45, 7) is 0. The van der Waals surface area contributed by atoms with Gasteiger partial charge in [0.05, 0.1) is 16.6 Å². The molecular formula is C16H13N5O. The van der Waals surface area contributed by atoms with Crippen molar-refractivity contribution in [3.63, 3.8) is 0 Å². The van der Waals surface area contributed by atoms with Crippen molar-refractivity contribution in [2.75, 3.05) is 5.32 Å². The summed E-state index contributed by atoms with van der Waals surface area (Å²) in [5.41, 5.74) is 2.95. The molecule has 0 saturated heterocycles. The molecular weight excluding hydrogens is 278 g/mol. The molecule has 0 aliphatic carbocycles. The van der Waals surface area contributed by atoms with E-state index in [1.165, 1.54) is 0 Å². The molecule has 1 amide bonds. The maximum Gasteiger partial charge on any atom is 0.278 e. The number of benzene rings is 1. The van der Waals surface area contributed by atoms with Gasteiger partial charge in [-0.3, -0.25) is 10.1 Å². The van der Waals surface area contributed by atoms with E-state index in [1.54, 1.807) is 6.33 Å². The second-order valence-electron chi connectivity index (χ2n) is 5.02. The Labute approximate surface area is 126 Å². The molecule has 0 spiro atoms. The molecule has 1 N–H and O–H groups in total. The van der Waals surface area contributed by atoms with Crippen LogP contribution in [0.4, 0.5) is 5.95 Å². The zero-order valence-electron chi connectivity index (χ0n) is 11.9. The largest absolute Gasteiger partial charge is 0.313 e. The van der Waals surface area contributed by atoms with Crippen LogP contribution in [0.3, 0.4) is 0 Å². The van der Waals surface area contributed by atoms with Gasteiger partial charge >= 0.3 is 0 Å². The van der Waals surface area contributed by atoms with Crippen LogP contribution >= 0.6 is 0 Å². The summed E-state index contributed by atoms with van der Waals surface area (Å²) in [6, 6.07) is 13.4. The average Bonchev–Trinajstić information content (AvgIpc) is 3.10. The minimum atomic E-state index is -0.271. The Hall–Kier alpha value is -3.15. The third-order valence-electron chi connectivity index (χ3n) is 3.67. The van der Waals surface area contributed by atoms with Crippen molar-refractivity contribution in [2.45, 2.75) is 0 Å². The summed E-state index contributed by atoms with van der Waals surface area (Å²) in [4.78, 5) is 21.1. The Morgan fingerprint density at radius 1 is 1.09 bits per heavy atom. The van der Waals surface area contributed by atoms with Gasteiger partial charge in [0.15, 0.2) is 5.69 Å². The van der Waals surface area contributed by atoms with E-state index in [9.17, 15) is 4.79 Å². The van der Waals surface area contributed by atoms with Gasteiger partial charge in [-0.05, 0) is 24.3 Å². The lowest BCUT2D eigenvalue weighted by Gasteiger charge is -2.03. The van der Waals surface area contributed by atoms with Gasteiger partial charge in [0.2, 0.25) is 5.95 Å². The van der Waals surface area contributed by atoms with Crippen LogP contribution in [0.25, 0.3) is 16.6 Å². The number of nitrogens with one attached hydrogen (secondary N) is 1. The second-order valence-corrected chi connectivity index (χ2v) is 5.02. The van der Waals surface area contributed by atoms with Crippen molar-refractivity contribution in [1.29, 1.82) is 0 Å². The summed E-state index contributed by atoms with van der Waals surface area (Å²) < 4.78 is 3.66. The first-order chi connectivity index (χ1) is 10.7. The minimum absolute atomic E-state index is 0.271. The fraction of sp³-hybridized carbons (Fsp3) is 0.0625.